The molecule has 0 heterocycles. The first kappa shape index (κ1) is 18.5. The van der Waals surface area contributed by atoms with Gasteiger partial charge in [-0.25, -0.2) is 0 Å². The zero-order valence-corrected chi connectivity index (χ0v) is 14.8. The Kier molecular flexibility index (Phi) is 7.09. The van der Waals surface area contributed by atoms with Crippen molar-refractivity contribution in [2.75, 3.05) is 0 Å². The molecule has 0 saturated heterocycles. The van der Waals surface area contributed by atoms with E-state index in [1.807, 2.05) is 32.0 Å². The Balaban J connectivity index is 0.00000324. The van der Waals surface area contributed by atoms with Crippen LogP contribution in [0.25, 0.3) is 0 Å². The molecule has 0 radical (unpaired) electrons. The first-order valence-electron chi connectivity index (χ1n) is 6.24. The van der Waals surface area contributed by atoms with Crippen molar-refractivity contribution in [2.24, 2.45) is 4.99 Å². The summed E-state index contributed by atoms with van der Waals surface area (Å²) in [6.07, 6.45) is 0. The lowest BCUT2D eigenvalue weighted by molar-refractivity contribution is 0.500. The van der Waals surface area contributed by atoms with Crippen LogP contribution in [-0.4, -0.2) is 16.2 Å². The van der Waals surface area contributed by atoms with Crippen molar-refractivity contribution in [1.29, 1.82) is 0 Å². The molecule has 0 spiro atoms. The smallest absolute Gasteiger partial charge is 0.118 e. The van der Waals surface area contributed by atoms with E-state index < -0.39 is 4.87 Å². The maximum Gasteiger partial charge on any atom is 0.118 e. The fourth-order valence-electron chi connectivity index (χ4n) is 1.49. The molecule has 0 saturated carbocycles. The first-order chi connectivity index (χ1) is 8.18. The summed E-state index contributed by atoms with van der Waals surface area (Å²) in [6, 6.07) is 10.2. The third-order valence-electron chi connectivity index (χ3n) is 2.32. The monoisotopic (exact) mass is 346 g/mol. The van der Waals surface area contributed by atoms with Gasteiger partial charge >= 0.3 is 0 Å². The van der Waals surface area contributed by atoms with Crippen LogP contribution in [0.1, 0.15) is 40.2 Å². The van der Waals surface area contributed by atoms with Gasteiger partial charge in [-0.1, -0.05) is 30.3 Å². The van der Waals surface area contributed by atoms with Crippen molar-refractivity contribution < 1.29 is 0 Å². The molecule has 2 nitrogen and oxygen atoms in total. The van der Waals surface area contributed by atoms with Crippen LogP contribution in [0.2, 0.25) is 0 Å². The van der Waals surface area contributed by atoms with Crippen molar-refractivity contribution in [3.05, 3.63) is 35.9 Å². The number of alkyl halides is 1. The molecule has 0 aliphatic carbocycles. The van der Waals surface area contributed by atoms with Crippen molar-refractivity contribution >= 4 is 34.4 Å². The molecule has 0 amide bonds. The number of nitrogens with one attached hydrogen (secondary N) is 1. The van der Waals surface area contributed by atoms with Crippen LogP contribution in [0.3, 0.4) is 0 Å². The van der Waals surface area contributed by atoms with Crippen LogP contribution in [0.15, 0.2) is 35.3 Å². The van der Waals surface area contributed by atoms with E-state index in [4.69, 9.17) is 11.6 Å². The quantitative estimate of drug-likeness (QED) is 0.483. The standard InChI is InChI=1S/C15H23ClN2.BrH/c1-14(2,3)18-13(15(4,5)16)17-11-12-9-7-6-8-10-12;/h6-10H,11H2,1-5H3,(H,17,18);1H. The predicted octanol–water partition coefficient (Wildman–Crippen LogP) is 4.57. The van der Waals surface area contributed by atoms with Crippen molar-refractivity contribution in [3.63, 3.8) is 0 Å². The van der Waals surface area contributed by atoms with Crippen LogP contribution in [0.5, 0.6) is 0 Å². The van der Waals surface area contributed by atoms with Crippen LogP contribution < -0.4 is 5.32 Å². The fraction of sp³-hybridized carbons (Fsp3) is 0.533. The summed E-state index contributed by atoms with van der Waals surface area (Å²) in [6.45, 7) is 10.9. The lowest BCUT2D eigenvalue weighted by Gasteiger charge is -2.29. The third kappa shape index (κ3) is 7.58. The summed E-state index contributed by atoms with van der Waals surface area (Å²) in [4.78, 5) is 4.14. The molecule has 108 valence electrons. The minimum Gasteiger partial charge on any atom is -0.368 e. The highest BCUT2D eigenvalue weighted by Gasteiger charge is 2.25. The first-order valence-corrected chi connectivity index (χ1v) is 6.62. The summed E-state index contributed by atoms with van der Waals surface area (Å²) < 4.78 is 0. The molecule has 1 aromatic rings. The van der Waals surface area contributed by atoms with E-state index >= 15 is 0 Å². The largest absolute Gasteiger partial charge is 0.368 e. The molecule has 0 aliphatic heterocycles. The second kappa shape index (κ2) is 7.30. The van der Waals surface area contributed by atoms with Gasteiger partial charge in [0.25, 0.3) is 0 Å². The number of hydrogen-bond donors (Lipinski definition) is 1. The second-order valence-electron chi connectivity index (χ2n) is 6.00. The van der Waals surface area contributed by atoms with Gasteiger partial charge in [0.05, 0.1) is 11.4 Å². The second-order valence-corrected chi connectivity index (χ2v) is 6.94. The zero-order valence-electron chi connectivity index (χ0n) is 12.3. The summed E-state index contributed by atoms with van der Waals surface area (Å²) in [7, 11) is 0. The Hall–Kier alpha value is -0.540. The highest BCUT2D eigenvalue weighted by Crippen LogP contribution is 2.17. The van der Waals surface area contributed by atoms with Gasteiger partial charge in [0.15, 0.2) is 0 Å². The average Bonchev–Trinajstić information content (AvgIpc) is 2.22. The SMILES string of the molecule is Br.CC(C)(C)NC(=NCc1ccccc1)C(C)(C)Cl. The average molecular weight is 348 g/mol. The molecule has 0 unspecified atom stereocenters. The molecule has 0 fully saturated rings. The van der Waals surface area contributed by atoms with Crippen LogP contribution >= 0.6 is 28.6 Å². The van der Waals surface area contributed by atoms with Crippen molar-refractivity contribution in [2.45, 2.75) is 51.6 Å². The molecule has 1 aromatic carbocycles. The zero-order chi connectivity index (χ0) is 13.8. The van der Waals surface area contributed by atoms with Gasteiger partial charge in [-0.2, -0.15) is 0 Å². The number of amidine groups is 1. The number of nitrogens with zero attached hydrogens (tertiary/aromatic N) is 1. The van der Waals surface area contributed by atoms with Crippen LogP contribution in [-0.2, 0) is 6.54 Å². The van der Waals surface area contributed by atoms with Crippen LogP contribution in [0, 0.1) is 0 Å². The molecule has 0 bridgehead atoms. The molecular formula is C15H24BrClN2. The van der Waals surface area contributed by atoms with E-state index in [0.717, 1.165) is 5.84 Å². The summed E-state index contributed by atoms with van der Waals surface area (Å²) in [5.74, 6) is 0.834. The molecule has 0 aromatic heterocycles. The Bertz CT molecular complexity index is 402. The Morgan fingerprint density at radius 1 is 1.11 bits per heavy atom. The van der Waals surface area contributed by atoms with E-state index in [9.17, 15) is 0 Å². The number of benzene rings is 1. The number of hydrogen-bond acceptors (Lipinski definition) is 1. The molecule has 1 N–H and O–H groups in total. The maximum atomic E-state index is 6.38. The van der Waals surface area contributed by atoms with Gasteiger partial charge in [-0.05, 0) is 40.2 Å². The summed E-state index contributed by atoms with van der Waals surface area (Å²) in [5, 5.41) is 3.38. The van der Waals surface area contributed by atoms with E-state index in [-0.39, 0.29) is 22.5 Å². The molecule has 0 aliphatic rings. The van der Waals surface area contributed by atoms with Gasteiger partial charge < -0.3 is 5.32 Å². The van der Waals surface area contributed by atoms with Gasteiger partial charge in [-0.15, -0.1) is 28.6 Å². The Labute approximate surface area is 132 Å². The lowest BCUT2D eigenvalue weighted by Crippen LogP contribution is -2.48. The van der Waals surface area contributed by atoms with Gasteiger partial charge in [-0.3, -0.25) is 4.99 Å². The van der Waals surface area contributed by atoms with Crippen LogP contribution in [0.4, 0.5) is 0 Å². The fourth-order valence-corrected chi connectivity index (χ4v) is 1.59. The molecule has 4 heteroatoms. The van der Waals surface area contributed by atoms with E-state index in [2.05, 4.69) is 43.2 Å². The van der Waals surface area contributed by atoms with Crippen molar-refractivity contribution in [3.8, 4) is 0 Å². The van der Waals surface area contributed by atoms with E-state index in [0.29, 0.717) is 6.54 Å². The summed E-state index contributed by atoms with van der Waals surface area (Å²) in [5.41, 5.74) is 1.15. The number of rotatable bonds is 3. The molecule has 1 rings (SSSR count). The Morgan fingerprint density at radius 3 is 2.05 bits per heavy atom. The lowest BCUT2D eigenvalue weighted by atomic mass is 10.1. The van der Waals surface area contributed by atoms with Crippen molar-refractivity contribution in [1.82, 2.24) is 5.32 Å². The number of aliphatic imine (C=N–C) groups is 1. The third-order valence-corrected chi connectivity index (χ3v) is 2.50. The van der Waals surface area contributed by atoms with Gasteiger partial charge in [0, 0.05) is 5.54 Å². The maximum absolute atomic E-state index is 6.38. The van der Waals surface area contributed by atoms with E-state index in [1.165, 1.54) is 5.56 Å². The van der Waals surface area contributed by atoms with Gasteiger partial charge in [0.2, 0.25) is 0 Å². The number of halogens is 2. The topological polar surface area (TPSA) is 24.4 Å². The minimum absolute atomic E-state index is 0. The molecule has 19 heavy (non-hydrogen) atoms. The predicted molar refractivity (Wildman–Crippen MR) is 90.7 cm³/mol. The van der Waals surface area contributed by atoms with Gasteiger partial charge in [0.1, 0.15) is 5.84 Å². The summed E-state index contributed by atoms with van der Waals surface area (Å²) >= 11 is 6.38. The Morgan fingerprint density at radius 2 is 1.63 bits per heavy atom. The highest BCUT2D eigenvalue weighted by molar-refractivity contribution is 8.93. The molecular weight excluding hydrogens is 324 g/mol. The normalized spacial score (nSPS) is 12.8. The molecule has 0 atom stereocenters. The minimum atomic E-state index is -0.484. The van der Waals surface area contributed by atoms with E-state index in [1.54, 1.807) is 0 Å². The highest BCUT2D eigenvalue weighted by atomic mass is 79.9.